The van der Waals surface area contributed by atoms with Gasteiger partial charge in [-0.15, -0.1) is 11.8 Å². The van der Waals surface area contributed by atoms with E-state index >= 15 is 4.39 Å². The van der Waals surface area contributed by atoms with Crippen molar-refractivity contribution in [3.05, 3.63) is 58.1 Å². The van der Waals surface area contributed by atoms with Crippen LogP contribution in [0.25, 0.3) is 0 Å². The average molecular weight is 470 g/mol. The Morgan fingerprint density at radius 2 is 1.87 bits per heavy atom. The zero-order valence-electron chi connectivity index (χ0n) is 17.0. The van der Waals surface area contributed by atoms with Gasteiger partial charge in [0.1, 0.15) is 11.4 Å². The Bertz CT molecular complexity index is 872. The van der Waals surface area contributed by atoms with Crippen LogP contribution in [-0.4, -0.2) is 42.4 Å². The number of carbonyl (C=O) groups is 1. The largest absolute Gasteiger partial charge is 0.492 e. The van der Waals surface area contributed by atoms with Gasteiger partial charge >= 0.3 is 0 Å². The highest BCUT2D eigenvalue weighted by Gasteiger charge is 2.35. The van der Waals surface area contributed by atoms with Crippen molar-refractivity contribution in [1.29, 1.82) is 0 Å². The van der Waals surface area contributed by atoms with E-state index < -0.39 is 5.67 Å². The number of thioether (sulfide) groups is 1. The quantitative estimate of drug-likeness (QED) is 0.310. The van der Waals surface area contributed by atoms with E-state index in [2.05, 4.69) is 0 Å². The third kappa shape index (κ3) is 6.05. The molecular weight excluding hydrogens is 444 g/mol. The maximum atomic E-state index is 15.2. The minimum Gasteiger partial charge on any atom is -0.492 e. The van der Waals surface area contributed by atoms with Crippen LogP contribution in [0.1, 0.15) is 42.5 Å². The van der Waals surface area contributed by atoms with Crippen molar-refractivity contribution in [2.75, 3.05) is 26.0 Å². The number of carbonyl (C=O) groups excluding carboxylic acids is 1. The number of halogens is 3. The third-order valence-electron chi connectivity index (χ3n) is 5.46. The molecule has 0 saturated carbocycles. The van der Waals surface area contributed by atoms with Crippen molar-refractivity contribution in [3.63, 3.8) is 0 Å². The number of piperidine rings is 1. The van der Waals surface area contributed by atoms with Crippen molar-refractivity contribution in [2.45, 2.75) is 42.7 Å². The Balaban J connectivity index is 1.41. The lowest BCUT2D eigenvalue weighted by Gasteiger charge is -2.36. The van der Waals surface area contributed by atoms with E-state index in [-0.39, 0.29) is 5.91 Å². The fourth-order valence-electron chi connectivity index (χ4n) is 3.64. The number of alkyl halides is 1. The van der Waals surface area contributed by atoms with Crippen molar-refractivity contribution in [1.82, 2.24) is 4.90 Å². The first-order chi connectivity index (χ1) is 14.4. The lowest BCUT2D eigenvalue weighted by Crippen LogP contribution is -2.44. The summed E-state index contributed by atoms with van der Waals surface area (Å²) in [6.45, 7) is 1.40. The van der Waals surface area contributed by atoms with Crippen molar-refractivity contribution < 1.29 is 13.9 Å². The predicted octanol–water partition coefficient (Wildman–Crippen LogP) is 6.91. The summed E-state index contributed by atoms with van der Waals surface area (Å²) in [7, 11) is 0. The van der Waals surface area contributed by atoms with E-state index in [1.807, 2.05) is 30.5 Å². The molecule has 0 bridgehead atoms. The van der Waals surface area contributed by atoms with Gasteiger partial charge < -0.3 is 9.64 Å². The molecule has 3 rings (SSSR count). The fraction of sp³-hybridized carbons (Fsp3) is 0.435. The first-order valence-corrected chi connectivity index (χ1v) is 12.1. The van der Waals surface area contributed by atoms with Gasteiger partial charge in [0.2, 0.25) is 0 Å². The summed E-state index contributed by atoms with van der Waals surface area (Å²) in [6, 6.07) is 12.8. The summed E-state index contributed by atoms with van der Waals surface area (Å²) >= 11 is 13.6. The average Bonchev–Trinajstić information content (AvgIpc) is 2.76. The SMILES string of the molecule is CSc1ccccc1OCCCCC1(F)CCN(C(=O)c2ccc(Cl)c(Cl)c2)CC1. The molecule has 1 heterocycles. The van der Waals surface area contributed by atoms with Crippen LogP contribution in [0.4, 0.5) is 4.39 Å². The number of unbranched alkanes of at least 4 members (excludes halogenated alkanes) is 1. The molecule has 2 aromatic carbocycles. The Morgan fingerprint density at radius 3 is 2.57 bits per heavy atom. The molecule has 1 amide bonds. The van der Waals surface area contributed by atoms with E-state index in [1.54, 1.807) is 34.9 Å². The van der Waals surface area contributed by atoms with Gasteiger partial charge in [0.25, 0.3) is 5.91 Å². The van der Waals surface area contributed by atoms with Gasteiger partial charge in [-0.2, -0.15) is 0 Å². The molecule has 1 aliphatic heterocycles. The van der Waals surface area contributed by atoms with Gasteiger partial charge in [-0.3, -0.25) is 4.79 Å². The van der Waals surface area contributed by atoms with Crippen LogP contribution < -0.4 is 4.74 Å². The van der Waals surface area contributed by atoms with Gasteiger partial charge in [0.15, 0.2) is 0 Å². The molecule has 1 aliphatic rings. The zero-order valence-corrected chi connectivity index (χ0v) is 19.3. The Labute approximate surface area is 191 Å². The Morgan fingerprint density at radius 1 is 1.13 bits per heavy atom. The molecule has 3 nitrogen and oxygen atoms in total. The van der Waals surface area contributed by atoms with E-state index in [1.165, 1.54) is 0 Å². The monoisotopic (exact) mass is 469 g/mol. The third-order valence-corrected chi connectivity index (χ3v) is 6.98. The number of hydrogen-bond donors (Lipinski definition) is 0. The smallest absolute Gasteiger partial charge is 0.253 e. The molecule has 1 fully saturated rings. The summed E-state index contributed by atoms with van der Waals surface area (Å²) in [6.07, 6.45) is 4.80. The highest BCUT2D eigenvalue weighted by atomic mass is 35.5. The maximum Gasteiger partial charge on any atom is 0.253 e. The van der Waals surface area contributed by atoms with Crippen molar-refractivity contribution >= 4 is 40.9 Å². The lowest BCUT2D eigenvalue weighted by molar-refractivity contribution is 0.0382. The van der Waals surface area contributed by atoms with Gasteiger partial charge in [-0.1, -0.05) is 35.3 Å². The number of para-hydroxylation sites is 1. The van der Waals surface area contributed by atoms with Gasteiger partial charge in [-0.05, 0) is 68.7 Å². The summed E-state index contributed by atoms with van der Waals surface area (Å²) in [5, 5.41) is 0.761. The number of amides is 1. The number of nitrogens with zero attached hydrogens (tertiary/aromatic N) is 1. The first-order valence-electron chi connectivity index (χ1n) is 10.1. The van der Waals surface area contributed by atoms with Crippen LogP contribution in [0.2, 0.25) is 10.0 Å². The fourth-order valence-corrected chi connectivity index (χ4v) is 4.48. The number of rotatable bonds is 8. The van der Waals surface area contributed by atoms with Crippen LogP contribution in [0.5, 0.6) is 5.75 Å². The number of ether oxygens (including phenoxy) is 1. The topological polar surface area (TPSA) is 29.5 Å². The van der Waals surface area contributed by atoms with Gasteiger partial charge in [0, 0.05) is 23.5 Å². The van der Waals surface area contributed by atoms with E-state index in [9.17, 15) is 4.79 Å². The second kappa shape index (κ2) is 10.7. The van der Waals surface area contributed by atoms with Crippen LogP contribution >= 0.6 is 35.0 Å². The molecule has 0 aromatic heterocycles. The highest BCUT2D eigenvalue weighted by molar-refractivity contribution is 7.98. The van der Waals surface area contributed by atoms with Gasteiger partial charge in [-0.25, -0.2) is 4.39 Å². The molecule has 0 aliphatic carbocycles. The molecule has 162 valence electrons. The molecule has 1 saturated heterocycles. The minimum atomic E-state index is -1.22. The second-order valence-corrected chi connectivity index (χ2v) is 9.19. The van der Waals surface area contributed by atoms with Gasteiger partial charge in [0.05, 0.1) is 16.7 Å². The molecular formula is C23H26Cl2FNO2S. The molecule has 30 heavy (non-hydrogen) atoms. The lowest BCUT2D eigenvalue weighted by atomic mass is 9.88. The maximum absolute atomic E-state index is 15.2. The van der Waals surface area contributed by atoms with E-state index in [0.717, 1.165) is 23.5 Å². The number of hydrogen-bond acceptors (Lipinski definition) is 3. The minimum absolute atomic E-state index is 0.128. The molecule has 0 N–H and O–H groups in total. The number of benzene rings is 2. The first kappa shape index (κ1) is 23.2. The Kier molecular flexibility index (Phi) is 8.32. The number of likely N-dealkylation sites (tertiary alicyclic amines) is 1. The molecule has 0 spiro atoms. The normalized spacial score (nSPS) is 15.8. The Hall–Kier alpha value is -1.43. The highest BCUT2D eigenvalue weighted by Crippen LogP contribution is 2.33. The summed E-state index contributed by atoms with van der Waals surface area (Å²) < 4.78 is 21.0. The van der Waals surface area contributed by atoms with Crippen molar-refractivity contribution in [2.24, 2.45) is 0 Å². The standard InChI is InChI=1S/C23H26Cl2FNO2S/c1-30-21-7-3-2-6-20(21)29-15-5-4-10-23(26)11-13-27(14-12-23)22(28)17-8-9-18(24)19(25)16-17/h2-3,6-9,16H,4-5,10-15H2,1H3. The second-order valence-electron chi connectivity index (χ2n) is 7.53. The summed E-state index contributed by atoms with van der Waals surface area (Å²) in [4.78, 5) is 15.4. The molecule has 7 heteroatoms. The predicted molar refractivity (Wildman–Crippen MR) is 123 cm³/mol. The summed E-state index contributed by atoms with van der Waals surface area (Å²) in [5.74, 6) is 0.755. The van der Waals surface area contributed by atoms with Crippen LogP contribution in [0, 0.1) is 0 Å². The van der Waals surface area contributed by atoms with Crippen LogP contribution in [0.15, 0.2) is 47.4 Å². The summed E-state index contributed by atoms with van der Waals surface area (Å²) in [5.41, 5.74) is -0.732. The molecule has 0 unspecified atom stereocenters. The van der Waals surface area contributed by atoms with Crippen LogP contribution in [-0.2, 0) is 0 Å². The molecule has 0 radical (unpaired) electrons. The molecule has 0 atom stereocenters. The molecule has 2 aromatic rings. The van der Waals surface area contributed by atoms with Crippen LogP contribution in [0.3, 0.4) is 0 Å². The van der Waals surface area contributed by atoms with E-state index in [0.29, 0.717) is 54.6 Å². The van der Waals surface area contributed by atoms with E-state index in [4.69, 9.17) is 27.9 Å². The van der Waals surface area contributed by atoms with Crippen molar-refractivity contribution in [3.8, 4) is 5.75 Å². The zero-order chi connectivity index (χ0) is 21.6.